The van der Waals surface area contributed by atoms with Crippen molar-refractivity contribution in [3.8, 4) is 0 Å². The zero-order chi connectivity index (χ0) is 19.1. The average Bonchev–Trinajstić information content (AvgIpc) is 2.80. The van der Waals surface area contributed by atoms with E-state index in [0.29, 0.717) is 11.3 Å². The van der Waals surface area contributed by atoms with Crippen molar-refractivity contribution in [1.82, 2.24) is 0 Å². The molecule has 3 heteroatoms. The van der Waals surface area contributed by atoms with E-state index in [9.17, 15) is 10.2 Å². The molecule has 0 saturated heterocycles. The minimum absolute atomic E-state index is 0.0118. The summed E-state index contributed by atoms with van der Waals surface area (Å²) in [6.45, 7) is 9.84. The highest BCUT2D eigenvalue weighted by Crippen LogP contribution is 2.42. The summed E-state index contributed by atoms with van der Waals surface area (Å²) >= 11 is 0. The van der Waals surface area contributed by atoms with Crippen LogP contribution in [-0.4, -0.2) is 26.1 Å². The summed E-state index contributed by atoms with van der Waals surface area (Å²) in [7, 11) is 0. The van der Waals surface area contributed by atoms with Crippen molar-refractivity contribution in [2.24, 2.45) is 0 Å². The molecule has 0 fully saturated rings. The third-order valence-electron chi connectivity index (χ3n) is 5.15. The van der Waals surface area contributed by atoms with Crippen LogP contribution in [-0.2, 0) is 5.41 Å². The van der Waals surface area contributed by atoms with E-state index < -0.39 is 5.60 Å². The molecular weight excluding hydrogens is 322 g/mol. The third-order valence-corrected chi connectivity index (χ3v) is 5.15. The maximum atomic E-state index is 10.9. The number of hydrogen-bond acceptors (Lipinski definition) is 2. The van der Waals surface area contributed by atoms with E-state index in [1.165, 1.54) is 5.56 Å². The molecule has 1 heterocycles. The molecule has 0 atom stereocenters. The second kappa shape index (κ2) is 6.28. The summed E-state index contributed by atoms with van der Waals surface area (Å²) in [6, 6.07) is 17.4. The Bertz CT molecular complexity index is 938. The van der Waals surface area contributed by atoms with Crippen molar-refractivity contribution in [2.75, 3.05) is 0 Å². The van der Waals surface area contributed by atoms with Gasteiger partial charge in [-0.2, -0.15) is 4.58 Å². The molecule has 26 heavy (non-hydrogen) atoms. The molecule has 134 valence electrons. The topological polar surface area (TPSA) is 43.5 Å². The van der Waals surface area contributed by atoms with Crippen molar-refractivity contribution >= 4 is 17.2 Å². The lowest BCUT2D eigenvalue weighted by Gasteiger charge is -2.17. The molecule has 2 N–H and O–H groups in total. The Hall–Kier alpha value is -2.61. The lowest BCUT2D eigenvalue weighted by molar-refractivity contribution is -0.401. The van der Waals surface area contributed by atoms with E-state index in [-0.39, 0.29) is 11.2 Å². The number of benzene rings is 2. The van der Waals surface area contributed by atoms with Gasteiger partial charge in [-0.25, -0.2) is 0 Å². The normalized spacial score (nSPS) is 15.5. The summed E-state index contributed by atoms with van der Waals surface area (Å²) < 4.78 is 2.02. The molecule has 0 bridgehead atoms. The Morgan fingerprint density at radius 3 is 2.19 bits per heavy atom. The Balaban J connectivity index is 2.33. The number of nitrogens with zero attached hydrogens (tertiary/aromatic N) is 1. The average molecular weight is 348 g/mol. The summed E-state index contributed by atoms with van der Waals surface area (Å²) in [5.74, 6) is 0.0118. The van der Waals surface area contributed by atoms with Crippen LogP contribution < -0.4 is 0 Å². The van der Waals surface area contributed by atoms with Crippen LogP contribution in [0.15, 0.2) is 66.0 Å². The minimum atomic E-state index is -1.18. The van der Waals surface area contributed by atoms with Crippen molar-refractivity contribution in [2.45, 2.75) is 45.6 Å². The Labute approximate surface area is 155 Å². The fourth-order valence-electron chi connectivity index (χ4n) is 3.40. The summed E-state index contributed by atoms with van der Waals surface area (Å²) in [5.41, 5.74) is 6.20. The maximum absolute atomic E-state index is 10.9. The van der Waals surface area contributed by atoms with Gasteiger partial charge in [0.1, 0.15) is 0 Å². The Morgan fingerprint density at radius 2 is 1.58 bits per heavy atom. The predicted molar refractivity (Wildman–Crippen MR) is 106 cm³/mol. The van der Waals surface area contributed by atoms with Gasteiger partial charge in [0, 0.05) is 29.8 Å². The Kier molecular flexibility index (Phi) is 4.39. The van der Waals surface area contributed by atoms with Gasteiger partial charge in [0.05, 0.1) is 5.41 Å². The van der Waals surface area contributed by atoms with Gasteiger partial charge in [-0.05, 0) is 27.7 Å². The molecule has 0 aliphatic carbocycles. The maximum Gasteiger partial charge on any atom is 0.265 e. The number of fused-ring (bicyclic) bond motifs is 1. The standard InChI is InChI=1S/C23H25NO2/c1-16-22(2,3)18-13-9-10-14-19(18)24(16)21(23(4,5)26)15-20(25)17-11-7-6-8-12-17/h6-14,26H,1-5H3/p+1. The monoisotopic (exact) mass is 348 g/mol. The second-order valence-electron chi connectivity index (χ2n) is 7.81. The molecule has 2 aromatic rings. The van der Waals surface area contributed by atoms with Gasteiger partial charge in [0.25, 0.3) is 5.70 Å². The molecule has 0 amide bonds. The van der Waals surface area contributed by atoms with Crippen molar-refractivity contribution in [1.29, 1.82) is 0 Å². The van der Waals surface area contributed by atoms with Crippen molar-refractivity contribution in [3.05, 3.63) is 77.2 Å². The van der Waals surface area contributed by atoms with Crippen molar-refractivity contribution in [3.63, 3.8) is 0 Å². The van der Waals surface area contributed by atoms with Crippen LogP contribution in [0.4, 0.5) is 5.69 Å². The molecule has 0 saturated carbocycles. The quantitative estimate of drug-likeness (QED) is 0.469. The van der Waals surface area contributed by atoms with E-state index in [1.807, 2.05) is 53.1 Å². The molecule has 0 aromatic heterocycles. The highest BCUT2D eigenvalue weighted by atomic mass is 16.3. The molecule has 0 radical (unpaired) electrons. The largest absolute Gasteiger partial charge is 0.501 e. The van der Waals surface area contributed by atoms with Gasteiger partial charge in [0.15, 0.2) is 17.1 Å². The van der Waals surface area contributed by atoms with E-state index in [4.69, 9.17) is 0 Å². The lowest BCUT2D eigenvalue weighted by Crippen LogP contribution is -2.32. The highest BCUT2D eigenvalue weighted by molar-refractivity contribution is 5.93. The van der Waals surface area contributed by atoms with Gasteiger partial charge in [0.2, 0.25) is 5.69 Å². The van der Waals surface area contributed by atoms with Gasteiger partial charge in [-0.1, -0.05) is 48.5 Å². The molecule has 3 nitrogen and oxygen atoms in total. The van der Waals surface area contributed by atoms with Crippen LogP contribution in [0, 0.1) is 0 Å². The van der Waals surface area contributed by atoms with E-state index in [0.717, 1.165) is 11.4 Å². The van der Waals surface area contributed by atoms with Gasteiger partial charge in [-0.3, -0.25) is 0 Å². The lowest BCUT2D eigenvalue weighted by atomic mass is 9.82. The van der Waals surface area contributed by atoms with Crippen LogP contribution in [0.3, 0.4) is 0 Å². The Morgan fingerprint density at radius 1 is 1.00 bits per heavy atom. The summed E-state index contributed by atoms with van der Waals surface area (Å²) in [5, 5.41) is 21.5. The zero-order valence-electron chi connectivity index (χ0n) is 16.0. The van der Waals surface area contributed by atoms with Gasteiger partial charge < -0.3 is 10.2 Å². The smallest absolute Gasteiger partial charge is 0.265 e. The third kappa shape index (κ3) is 3.01. The first kappa shape index (κ1) is 18.2. The zero-order valence-corrected chi connectivity index (χ0v) is 16.0. The van der Waals surface area contributed by atoms with Crippen molar-refractivity contribution < 1.29 is 14.8 Å². The van der Waals surface area contributed by atoms with Gasteiger partial charge >= 0.3 is 0 Å². The van der Waals surface area contributed by atoms with Gasteiger partial charge in [-0.15, -0.1) is 0 Å². The number of hydrogen-bond donors (Lipinski definition) is 2. The fraction of sp³-hybridized carbons (Fsp3) is 0.304. The van der Waals surface area contributed by atoms with Crippen LogP contribution in [0.2, 0.25) is 0 Å². The first-order valence-electron chi connectivity index (χ1n) is 8.86. The SMILES string of the molecule is CC1=[N+](C(=C=C(O)c2ccccc2)C(C)(C)O)c2ccccc2C1(C)C. The molecule has 1 aliphatic heterocycles. The van der Waals surface area contributed by atoms with Crippen LogP contribution in [0.25, 0.3) is 5.76 Å². The first-order valence-corrected chi connectivity index (χ1v) is 8.86. The number of aliphatic hydroxyl groups excluding tert-OH is 1. The van der Waals surface area contributed by atoms with E-state index >= 15 is 0 Å². The first-order chi connectivity index (χ1) is 12.1. The molecule has 0 unspecified atom stereocenters. The molecule has 1 aliphatic rings. The van der Waals surface area contributed by atoms with Crippen LogP contribution in [0.5, 0.6) is 0 Å². The van der Waals surface area contributed by atoms with E-state index in [1.54, 1.807) is 13.8 Å². The summed E-state index contributed by atoms with van der Waals surface area (Å²) in [4.78, 5) is 0. The fourth-order valence-corrected chi connectivity index (χ4v) is 3.40. The molecule has 0 spiro atoms. The predicted octanol–water partition coefficient (Wildman–Crippen LogP) is 4.94. The highest BCUT2D eigenvalue weighted by Gasteiger charge is 2.47. The van der Waals surface area contributed by atoms with Crippen LogP contribution in [0.1, 0.15) is 45.7 Å². The van der Waals surface area contributed by atoms with E-state index in [2.05, 4.69) is 32.6 Å². The summed E-state index contributed by atoms with van der Waals surface area (Å²) in [6.07, 6.45) is 0. The minimum Gasteiger partial charge on any atom is -0.501 e. The number of aliphatic hydroxyl groups is 2. The van der Waals surface area contributed by atoms with Crippen LogP contribution >= 0.6 is 0 Å². The molecular formula is C23H26NO2+. The second-order valence-corrected chi connectivity index (χ2v) is 7.81. The number of rotatable bonds is 3. The molecule has 2 aromatic carbocycles. The molecule has 3 rings (SSSR count). The number of para-hydroxylation sites is 1.